The van der Waals surface area contributed by atoms with Gasteiger partial charge < -0.3 is 19.7 Å². The van der Waals surface area contributed by atoms with Crippen LogP contribution in [-0.4, -0.2) is 62.5 Å². The van der Waals surface area contributed by atoms with E-state index in [9.17, 15) is 0 Å². The van der Waals surface area contributed by atoms with E-state index >= 15 is 0 Å². The van der Waals surface area contributed by atoms with Crippen LogP contribution in [0.3, 0.4) is 0 Å². The summed E-state index contributed by atoms with van der Waals surface area (Å²) in [6, 6.07) is 0. The van der Waals surface area contributed by atoms with Crippen LogP contribution in [0.4, 0.5) is 0 Å². The zero-order valence-corrected chi connectivity index (χ0v) is 11.8. The summed E-state index contributed by atoms with van der Waals surface area (Å²) >= 11 is 0. The molecule has 102 valence electrons. The van der Waals surface area contributed by atoms with Gasteiger partial charge in [-0.3, -0.25) is 0 Å². The molecule has 0 bridgehead atoms. The quantitative estimate of drug-likeness (QED) is 0.680. The average Bonchev–Trinajstić information content (AvgIpc) is 2.28. The summed E-state index contributed by atoms with van der Waals surface area (Å²) in [6.45, 7) is 15.1. The first-order valence-corrected chi connectivity index (χ1v) is 6.76. The Bertz CT molecular complexity index is 206. The molecule has 1 N–H and O–H groups in total. The Hall–Kier alpha value is -0.160. The average molecular weight is 244 g/mol. The fourth-order valence-corrected chi connectivity index (χ4v) is 2.11. The highest BCUT2D eigenvalue weighted by Gasteiger charge is 2.28. The maximum Gasteiger partial charge on any atom is 0.0940 e. The van der Waals surface area contributed by atoms with Gasteiger partial charge in [0.2, 0.25) is 0 Å². The molecule has 0 aromatic heterocycles. The number of morpholine rings is 1. The van der Waals surface area contributed by atoms with Gasteiger partial charge in [-0.1, -0.05) is 13.8 Å². The molecule has 4 heteroatoms. The van der Waals surface area contributed by atoms with E-state index in [1.807, 2.05) is 0 Å². The Morgan fingerprint density at radius 1 is 1.35 bits per heavy atom. The van der Waals surface area contributed by atoms with E-state index in [2.05, 4.69) is 37.9 Å². The van der Waals surface area contributed by atoms with Crippen molar-refractivity contribution in [2.45, 2.75) is 39.4 Å². The van der Waals surface area contributed by atoms with Crippen LogP contribution < -0.4 is 5.32 Å². The topological polar surface area (TPSA) is 33.7 Å². The SMILES string of the molecule is CCN(CC)CCOCC1CNCC(C)(C)O1. The van der Waals surface area contributed by atoms with Crippen LogP contribution in [0.2, 0.25) is 0 Å². The van der Waals surface area contributed by atoms with Gasteiger partial charge in [-0.15, -0.1) is 0 Å². The number of nitrogens with one attached hydrogen (secondary N) is 1. The molecule has 1 fully saturated rings. The van der Waals surface area contributed by atoms with Gasteiger partial charge in [0.05, 0.1) is 24.9 Å². The summed E-state index contributed by atoms with van der Waals surface area (Å²) in [6.07, 6.45) is 0.190. The third kappa shape index (κ3) is 5.82. The van der Waals surface area contributed by atoms with Crippen LogP contribution in [-0.2, 0) is 9.47 Å². The summed E-state index contributed by atoms with van der Waals surface area (Å²) in [5, 5.41) is 3.38. The predicted octanol–water partition coefficient (Wildman–Crippen LogP) is 1.11. The second-order valence-corrected chi connectivity index (χ2v) is 5.23. The number of likely N-dealkylation sites (N-methyl/N-ethyl adjacent to an activating group) is 1. The second kappa shape index (κ2) is 7.31. The van der Waals surface area contributed by atoms with E-state index in [-0.39, 0.29) is 11.7 Å². The van der Waals surface area contributed by atoms with Gasteiger partial charge in [-0.05, 0) is 26.9 Å². The fourth-order valence-electron chi connectivity index (χ4n) is 2.11. The van der Waals surface area contributed by atoms with Crippen LogP contribution in [0.25, 0.3) is 0 Å². The minimum atomic E-state index is -0.0643. The van der Waals surface area contributed by atoms with E-state index in [4.69, 9.17) is 9.47 Å². The van der Waals surface area contributed by atoms with Crippen LogP contribution >= 0.6 is 0 Å². The first kappa shape index (κ1) is 14.9. The molecule has 0 aromatic carbocycles. The van der Waals surface area contributed by atoms with Gasteiger partial charge in [-0.25, -0.2) is 0 Å². The van der Waals surface area contributed by atoms with Crippen LogP contribution in [0.5, 0.6) is 0 Å². The number of hydrogen-bond acceptors (Lipinski definition) is 4. The molecule has 1 aliphatic heterocycles. The normalized spacial score (nSPS) is 24.2. The van der Waals surface area contributed by atoms with Crippen LogP contribution in [0, 0.1) is 0 Å². The lowest BCUT2D eigenvalue weighted by Crippen LogP contribution is -2.52. The summed E-state index contributed by atoms with van der Waals surface area (Å²) in [5.41, 5.74) is -0.0643. The van der Waals surface area contributed by atoms with E-state index in [0.29, 0.717) is 6.61 Å². The van der Waals surface area contributed by atoms with Crippen molar-refractivity contribution in [1.82, 2.24) is 10.2 Å². The van der Waals surface area contributed by atoms with Crippen molar-refractivity contribution in [1.29, 1.82) is 0 Å². The standard InChI is InChI=1S/C13H28N2O2/c1-5-15(6-2)7-8-16-10-12-9-14-11-13(3,4)17-12/h12,14H,5-11H2,1-4H3. The molecule has 1 rings (SSSR count). The Labute approximate surface area is 106 Å². The van der Waals surface area contributed by atoms with Crippen molar-refractivity contribution in [3.8, 4) is 0 Å². The van der Waals surface area contributed by atoms with Crippen molar-refractivity contribution in [2.24, 2.45) is 0 Å². The summed E-state index contributed by atoms with van der Waals surface area (Å²) < 4.78 is 11.6. The molecule has 1 unspecified atom stereocenters. The molecule has 0 radical (unpaired) electrons. The van der Waals surface area contributed by atoms with Crippen LogP contribution in [0.15, 0.2) is 0 Å². The molecule has 17 heavy (non-hydrogen) atoms. The molecule has 1 atom stereocenters. The molecule has 0 saturated carbocycles. The van der Waals surface area contributed by atoms with Gasteiger partial charge in [0.15, 0.2) is 0 Å². The van der Waals surface area contributed by atoms with Gasteiger partial charge in [-0.2, -0.15) is 0 Å². The zero-order chi connectivity index (χ0) is 12.7. The van der Waals surface area contributed by atoms with E-state index in [1.165, 1.54) is 0 Å². The molecule has 1 heterocycles. The van der Waals surface area contributed by atoms with Gasteiger partial charge >= 0.3 is 0 Å². The predicted molar refractivity (Wildman–Crippen MR) is 70.4 cm³/mol. The minimum absolute atomic E-state index is 0.0643. The molecule has 0 aromatic rings. The van der Waals surface area contributed by atoms with Gasteiger partial charge in [0.1, 0.15) is 0 Å². The summed E-state index contributed by atoms with van der Waals surface area (Å²) in [5.74, 6) is 0. The van der Waals surface area contributed by atoms with Crippen molar-refractivity contribution < 1.29 is 9.47 Å². The van der Waals surface area contributed by atoms with Gasteiger partial charge in [0, 0.05) is 19.6 Å². The Balaban J connectivity index is 2.10. The van der Waals surface area contributed by atoms with Crippen molar-refractivity contribution in [3.05, 3.63) is 0 Å². The molecule has 4 nitrogen and oxygen atoms in total. The number of nitrogens with zero attached hydrogens (tertiary/aromatic N) is 1. The van der Waals surface area contributed by atoms with Crippen molar-refractivity contribution in [2.75, 3.05) is 45.9 Å². The zero-order valence-electron chi connectivity index (χ0n) is 11.8. The smallest absolute Gasteiger partial charge is 0.0940 e. The molecular weight excluding hydrogens is 216 g/mol. The van der Waals surface area contributed by atoms with Crippen LogP contribution in [0.1, 0.15) is 27.7 Å². The number of rotatable bonds is 7. The van der Waals surface area contributed by atoms with Crippen molar-refractivity contribution in [3.63, 3.8) is 0 Å². The monoisotopic (exact) mass is 244 g/mol. The fraction of sp³-hybridized carbons (Fsp3) is 1.00. The Morgan fingerprint density at radius 3 is 2.65 bits per heavy atom. The minimum Gasteiger partial charge on any atom is -0.377 e. The molecule has 0 spiro atoms. The van der Waals surface area contributed by atoms with Gasteiger partial charge in [0.25, 0.3) is 0 Å². The first-order chi connectivity index (χ1) is 8.07. The van der Waals surface area contributed by atoms with E-state index < -0.39 is 0 Å². The first-order valence-electron chi connectivity index (χ1n) is 6.76. The number of hydrogen-bond donors (Lipinski definition) is 1. The second-order valence-electron chi connectivity index (χ2n) is 5.23. The third-order valence-electron chi connectivity index (χ3n) is 3.16. The molecule has 0 amide bonds. The van der Waals surface area contributed by atoms with E-state index in [1.54, 1.807) is 0 Å². The highest BCUT2D eigenvalue weighted by Crippen LogP contribution is 2.15. The molecular formula is C13H28N2O2. The summed E-state index contributed by atoms with van der Waals surface area (Å²) in [4.78, 5) is 2.36. The lowest BCUT2D eigenvalue weighted by Gasteiger charge is -2.36. The largest absolute Gasteiger partial charge is 0.377 e. The highest BCUT2D eigenvalue weighted by molar-refractivity contribution is 4.81. The summed E-state index contributed by atoms with van der Waals surface area (Å²) in [7, 11) is 0. The lowest BCUT2D eigenvalue weighted by atomic mass is 10.1. The Kier molecular flexibility index (Phi) is 6.41. The lowest BCUT2D eigenvalue weighted by molar-refractivity contribution is -0.120. The highest BCUT2D eigenvalue weighted by atomic mass is 16.5. The molecule has 1 aliphatic rings. The third-order valence-corrected chi connectivity index (χ3v) is 3.16. The number of ether oxygens (including phenoxy) is 2. The molecule has 0 aliphatic carbocycles. The van der Waals surface area contributed by atoms with Crippen molar-refractivity contribution >= 4 is 0 Å². The molecule has 1 saturated heterocycles. The van der Waals surface area contributed by atoms with E-state index in [0.717, 1.165) is 39.3 Å². The maximum atomic E-state index is 5.93. The maximum absolute atomic E-state index is 5.93. The Morgan fingerprint density at radius 2 is 2.06 bits per heavy atom.